The standard InChI is InChI=1S/C14H20N4OS/c1-11-3-2-4-12(9-11)16-14(19)18-7-5-17(6-8-18)10-13(15)20/h2-4,9H,5-8,10H2,1H3,(H2,15,20)(H,16,19). The quantitative estimate of drug-likeness (QED) is 0.827. The van der Waals surface area contributed by atoms with Crippen LogP contribution >= 0.6 is 12.2 Å². The summed E-state index contributed by atoms with van der Waals surface area (Å²) in [7, 11) is 0. The number of thiocarbonyl (C=S) groups is 1. The van der Waals surface area contributed by atoms with Crippen LogP contribution in [0.5, 0.6) is 0 Å². The van der Waals surface area contributed by atoms with E-state index in [-0.39, 0.29) is 6.03 Å². The Balaban J connectivity index is 1.84. The summed E-state index contributed by atoms with van der Waals surface area (Å²) in [5, 5.41) is 2.93. The third-order valence-electron chi connectivity index (χ3n) is 3.31. The van der Waals surface area contributed by atoms with Crippen molar-refractivity contribution in [2.45, 2.75) is 6.92 Å². The monoisotopic (exact) mass is 292 g/mol. The largest absolute Gasteiger partial charge is 0.392 e. The van der Waals surface area contributed by atoms with Crippen molar-refractivity contribution in [2.75, 3.05) is 38.0 Å². The number of anilines is 1. The molecule has 0 spiro atoms. The average Bonchev–Trinajstić information content (AvgIpc) is 2.38. The highest BCUT2D eigenvalue weighted by atomic mass is 32.1. The van der Waals surface area contributed by atoms with Gasteiger partial charge in [-0.25, -0.2) is 4.79 Å². The zero-order valence-corrected chi connectivity index (χ0v) is 12.4. The van der Waals surface area contributed by atoms with E-state index in [4.69, 9.17) is 18.0 Å². The van der Waals surface area contributed by atoms with Gasteiger partial charge in [0.1, 0.15) is 0 Å². The van der Waals surface area contributed by atoms with E-state index in [1.54, 1.807) is 0 Å². The van der Waals surface area contributed by atoms with Crippen molar-refractivity contribution in [1.82, 2.24) is 9.80 Å². The summed E-state index contributed by atoms with van der Waals surface area (Å²) < 4.78 is 0. The van der Waals surface area contributed by atoms with Gasteiger partial charge in [-0.1, -0.05) is 24.4 Å². The molecule has 1 aromatic rings. The van der Waals surface area contributed by atoms with E-state index < -0.39 is 0 Å². The van der Waals surface area contributed by atoms with Crippen molar-refractivity contribution in [3.05, 3.63) is 29.8 Å². The molecule has 108 valence electrons. The topological polar surface area (TPSA) is 61.6 Å². The number of benzene rings is 1. The van der Waals surface area contributed by atoms with Gasteiger partial charge in [-0.2, -0.15) is 0 Å². The van der Waals surface area contributed by atoms with E-state index in [0.29, 0.717) is 24.6 Å². The minimum Gasteiger partial charge on any atom is -0.392 e. The highest BCUT2D eigenvalue weighted by Gasteiger charge is 2.21. The number of carbonyl (C=O) groups excluding carboxylic acids is 1. The van der Waals surface area contributed by atoms with Crippen LogP contribution in [0.15, 0.2) is 24.3 Å². The van der Waals surface area contributed by atoms with Crippen LogP contribution in [0.2, 0.25) is 0 Å². The number of urea groups is 1. The number of piperazine rings is 1. The molecule has 0 atom stereocenters. The molecule has 1 heterocycles. The molecule has 0 aliphatic carbocycles. The number of nitrogens with one attached hydrogen (secondary N) is 1. The maximum atomic E-state index is 12.2. The van der Waals surface area contributed by atoms with Crippen molar-refractivity contribution < 1.29 is 4.79 Å². The number of amides is 2. The van der Waals surface area contributed by atoms with Gasteiger partial charge in [0.05, 0.1) is 4.99 Å². The predicted octanol–water partition coefficient (Wildman–Crippen LogP) is 1.43. The summed E-state index contributed by atoms with van der Waals surface area (Å²) >= 11 is 4.90. The number of hydrogen-bond acceptors (Lipinski definition) is 3. The SMILES string of the molecule is Cc1cccc(NC(=O)N2CCN(CC(N)=S)CC2)c1. The van der Waals surface area contributed by atoms with Crippen molar-refractivity contribution in [3.63, 3.8) is 0 Å². The van der Waals surface area contributed by atoms with Crippen molar-refractivity contribution in [1.29, 1.82) is 0 Å². The lowest BCUT2D eigenvalue weighted by Crippen LogP contribution is -2.51. The van der Waals surface area contributed by atoms with Crippen LogP contribution in [0, 0.1) is 6.92 Å². The lowest BCUT2D eigenvalue weighted by Gasteiger charge is -2.34. The Morgan fingerprint density at radius 2 is 2.05 bits per heavy atom. The summed E-state index contributed by atoms with van der Waals surface area (Å²) in [5.41, 5.74) is 7.49. The minimum absolute atomic E-state index is 0.0504. The van der Waals surface area contributed by atoms with E-state index in [9.17, 15) is 4.79 Å². The third kappa shape index (κ3) is 4.18. The minimum atomic E-state index is -0.0504. The molecule has 0 bridgehead atoms. The number of carbonyl (C=O) groups is 1. The maximum absolute atomic E-state index is 12.2. The molecule has 1 aliphatic heterocycles. The van der Waals surface area contributed by atoms with Crippen LogP contribution in [0.25, 0.3) is 0 Å². The van der Waals surface area contributed by atoms with Crippen LogP contribution in [0.3, 0.4) is 0 Å². The fraction of sp³-hybridized carbons (Fsp3) is 0.429. The zero-order valence-electron chi connectivity index (χ0n) is 11.6. The zero-order chi connectivity index (χ0) is 14.5. The lowest BCUT2D eigenvalue weighted by molar-refractivity contribution is 0.158. The Morgan fingerprint density at radius 3 is 2.65 bits per heavy atom. The van der Waals surface area contributed by atoms with Crippen LogP contribution in [0.1, 0.15) is 5.56 Å². The smallest absolute Gasteiger partial charge is 0.321 e. The Hall–Kier alpha value is -1.66. The van der Waals surface area contributed by atoms with Gasteiger partial charge in [0.2, 0.25) is 0 Å². The fourth-order valence-corrected chi connectivity index (χ4v) is 2.44. The molecule has 0 saturated carbocycles. The van der Waals surface area contributed by atoms with E-state index >= 15 is 0 Å². The number of nitrogens with zero attached hydrogens (tertiary/aromatic N) is 2. The van der Waals surface area contributed by atoms with Crippen molar-refractivity contribution in [2.24, 2.45) is 5.73 Å². The molecular weight excluding hydrogens is 272 g/mol. The molecule has 1 fully saturated rings. The highest BCUT2D eigenvalue weighted by molar-refractivity contribution is 7.80. The Morgan fingerprint density at radius 1 is 1.35 bits per heavy atom. The molecule has 1 saturated heterocycles. The molecule has 5 nitrogen and oxygen atoms in total. The van der Waals surface area contributed by atoms with Crippen molar-refractivity contribution in [3.8, 4) is 0 Å². The lowest BCUT2D eigenvalue weighted by atomic mass is 10.2. The first-order chi connectivity index (χ1) is 9.54. The first-order valence-electron chi connectivity index (χ1n) is 6.68. The van der Waals surface area contributed by atoms with E-state index in [2.05, 4.69) is 10.2 Å². The van der Waals surface area contributed by atoms with Gasteiger partial charge in [0.25, 0.3) is 0 Å². The third-order valence-corrected chi connectivity index (χ3v) is 3.44. The molecule has 2 amide bonds. The van der Waals surface area contributed by atoms with Gasteiger partial charge >= 0.3 is 6.03 Å². The van der Waals surface area contributed by atoms with Crippen LogP contribution in [-0.2, 0) is 0 Å². The van der Waals surface area contributed by atoms with Gasteiger partial charge < -0.3 is 16.0 Å². The number of rotatable bonds is 3. The average molecular weight is 292 g/mol. The van der Waals surface area contributed by atoms with E-state index in [1.807, 2.05) is 36.1 Å². The second-order valence-corrected chi connectivity index (χ2v) is 5.55. The Bertz CT molecular complexity index is 498. The van der Waals surface area contributed by atoms with E-state index in [1.165, 1.54) is 0 Å². The van der Waals surface area contributed by atoms with Crippen molar-refractivity contribution >= 4 is 28.9 Å². The maximum Gasteiger partial charge on any atom is 0.321 e. The van der Waals surface area contributed by atoms with Crippen LogP contribution in [-0.4, -0.2) is 53.5 Å². The van der Waals surface area contributed by atoms with Gasteiger partial charge in [-0.05, 0) is 24.6 Å². The molecule has 0 aromatic heterocycles. The molecule has 0 radical (unpaired) electrons. The Labute approximate surface area is 124 Å². The van der Waals surface area contributed by atoms with Gasteiger partial charge in [-0.15, -0.1) is 0 Å². The van der Waals surface area contributed by atoms with E-state index in [0.717, 1.165) is 24.3 Å². The highest BCUT2D eigenvalue weighted by Crippen LogP contribution is 2.11. The summed E-state index contributed by atoms with van der Waals surface area (Å²) in [6.07, 6.45) is 0. The molecule has 0 unspecified atom stereocenters. The van der Waals surface area contributed by atoms with Gasteiger partial charge in [0.15, 0.2) is 0 Å². The summed E-state index contributed by atoms with van der Waals surface area (Å²) in [6, 6.07) is 7.75. The molecule has 20 heavy (non-hydrogen) atoms. The fourth-order valence-electron chi connectivity index (χ4n) is 2.25. The number of nitrogens with two attached hydrogens (primary N) is 1. The second-order valence-electron chi connectivity index (χ2n) is 5.03. The first-order valence-corrected chi connectivity index (χ1v) is 7.08. The summed E-state index contributed by atoms with van der Waals surface area (Å²) in [6.45, 7) is 5.63. The second kappa shape index (κ2) is 6.67. The van der Waals surface area contributed by atoms with Gasteiger partial charge in [0, 0.05) is 38.4 Å². The number of hydrogen-bond donors (Lipinski definition) is 2. The predicted molar refractivity (Wildman–Crippen MR) is 85.0 cm³/mol. The molecule has 2 rings (SSSR count). The molecule has 1 aromatic carbocycles. The molecule has 6 heteroatoms. The molecule has 1 aliphatic rings. The molecular formula is C14H20N4OS. The number of aryl methyl sites for hydroxylation is 1. The van der Waals surface area contributed by atoms with Crippen LogP contribution in [0.4, 0.5) is 10.5 Å². The van der Waals surface area contributed by atoms with Crippen LogP contribution < -0.4 is 11.1 Å². The summed E-state index contributed by atoms with van der Waals surface area (Å²) in [4.78, 5) is 16.6. The normalized spacial score (nSPS) is 15.9. The first kappa shape index (κ1) is 14.7. The molecule has 3 N–H and O–H groups in total. The summed E-state index contributed by atoms with van der Waals surface area (Å²) in [5.74, 6) is 0. The van der Waals surface area contributed by atoms with Gasteiger partial charge in [-0.3, -0.25) is 4.90 Å². The Kier molecular flexibility index (Phi) is 4.92.